The molecule has 1 atom stereocenters. The number of benzene rings is 2. The molecule has 8 heteroatoms. The summed E-state index contributed by atoms with van der Waals surface area (Å²) in [4.78, 5) is 16.6. The lowest BCUT2D eigenvalue weighted by molar-refractivity contribution is 0.0910. The summed E-state index contributed by atoms with van der Waals surface area (Å²) in [6.07, 6.45) is 5.02. The molecule has 142 valence electrons. The molecule has 2 heterocycles. The number of H-pyrrole nitrogens is 1. The molecule has 3 N–H and O–H groups in total. The quantitative estimate of drug-likeness (QED) is 0.479. The molecule has 4 aromatic rings. The van der Waals surface area contributed by atoms with Crippen LogP contribution >= 0.6 is 0 Å². The Morgan fingerprint density at radius 3 is 2.93 bits per heavy atom. The Hall–Kier alpha value is -3.52. The van der Waals surface area contributed by atoms with Crippen LogP contribution in [0.25, 0.3) is 22.2 Å². The van der Waals surface area contributed by atoms with E-state index in [2.05, 4.69) is 20.5 Å². The van der Waals surface area contributed by atoms with Crippen LogP contribution in [-0.4, -0.2) is 43.4 Å². The van der Waals surface area contributed by atoms with E-state index in [-0.39, 0.29) is 18.3 Å². The molecule has 28 heavy (non-hydrogen) atoms. The summed E-state index contributed by atoms with van der Waals surface area (Å²) in [5, 5.41) is 20.3. The van der Waals surface area contributed by atoms with Crippen LogP contribution in [0.3, 0.4) is 0 Å². The van der Waals surface area contributed by atoms with E-state index in [9.17, 15) is 14.3 Å². The lowest BCUT2D eigenvalue weighted by Gasteiger charge is -2.17. The van der Waals surface area contributed by atoms with Crippen molar-refractivity contribution in [1.29, 1.82) is 0 Å². The van der Waals surface area contributed by atoms with Gasteiger partial charge >= 0.3 is 0 Å². The van der Waals surface area contributed by atoms with Crippen molar-refractivity contribution in [2.75, 3.05) is 6.61 Å². The third-order valence-electron chi connectivity index (χ3n) is 4.47. The van der Waals surface area contributed by atoms with Gasteiger partial charge in [-0.15, -0.1) is 0 Å². The fourth-order valence-electron chi connectivity index (χ4n) is 3.08. The van der Waals surface area contributed by atoms with Gasteiger partial charge in [-0.1, -0.05) is 12.1 Å². The molecule has 0 spiro atoms. The number of aromatic amines is 1. The summed E-state index contributed by atoms with van der Waals surface area (Å²) in [7, 11) is 0. The minimum Gasteiger partial charge on any atom is -0.394 e. The van der Waals surface area contributed by atoms with Crippen LogP contribution < -0.4 is 5.32 Å². The molecule has 1 unspecified atom stereocenters. The maximum atomic E-state index is 13.6. The molecule has 0 saturated heterocycles. The number of hydrogen-bond acceptors (Lipinski definition) is 4. The first-order valence-electron chi connectivity index (χ1n) is 8.75. The summed E-state index contributed by atoms with van der Waals surface area (Å²) >= 11 is 0. The van der Waals surface area contributed by atoms with Gasteiger partial charge in [0.25, 0.3) is 5.91 Å². The minimum absolute atomic E-state index is 0.202. The lowest BCUT2D eigenvalue weighted by atomic mass is 10.0. The van der Waals surface area contributed by atoms with Crippen molar-refractivity contribution in [3.8, 4) is 11.3 Å². The third-order valence-corrected chi connectivity index (χ3v) is 4.47. The minimum atomic E-state index is -0.454. The zero-order valence-corrected chi connectivity index (χ0v) is 14.8. The molecular formula is C20H18FN5O2. The molecule has 2 aromatic heterocycles. The molecule has 2 aromatic carbocycles. The van der Waals surface area contributed by atoms with Gasteiger partial charge in [0.2, 0.25) is 0 Å². The number of nitrogens with one attached hydrogen (secondary N) is 2. The summed E-state index contributed by atoms with van der Waals surface area (Å²) in [6, 6.07) is 10.8. The summed E-state index contributed by atoms with van der Waals surface area (Å²) < 4.78 is 15.4. The van der Waals surface area contributed by atoms with Crippen molar-refractivity contribution in [1.82, 2.24) is 25.1 Å². The normalized spacial score (nSPS) is 12.2. The van der Waals surface area contributed by atoms with Gasteiger partial charge in [0.05, 0.1) is 24.5 Å². The highest BCUT2D eigenvalue weighted by Gasteiger charge is 2.16. The van der Waals surface area contributed by atoms with Gasteiger partial charge in [0.1, 0.15) is 11.5 Å². The first kappa shape index (κ1) is 17.9. The fraction of sp³-hybridized carbons (Fsp3) is 0.150. The van der Waals surface area contributed by atoms with Crippen molar-refractivity contribution < 1.29 is 14.3 Å². The zero-order chi connectivity index (χ0) is 19.5. The van der Waals surface area contributed by atoms with E-state index in [1.54, 1.807) is 53.6 Å². The van der Waals surface area contributed by atoms with Gasteiger partial charge < -0.3 is 15.0 Å². The van der Waals surface area contributed by atoms with E-state index >= 15 is 0 Å². The Kier molecular flexibility index (Phi) is 4.86. The maximum Gasteiger partial charge on any atom is 0.251 e. The number of aromatic nitrogens is 4. The van der Waals surface area contributed by atoms with Crippen LogP contribution in [-0.2, 0) is 6.54 Å². The molecule has 0 bridgehead atoms. The third kappa shape index (κ3) is 3.63. The number of nitrogens with zero attached hydrogens (tertiary/aromatic N) is 3. The van der Waals surface area contributed by atoms with Crippen molar-refractivity contribution in [2.45, 2.75) is 12.6 Å². The second-order valence-electron chi connectivity index (χ2n) is 6.46. The topological polar surface area (TPSA) is 95.8 Å². The molecule has 0 aliphatic carbocycles. The largest absolute Gasteiger partial charge is 0.394 e. The Labute approximate surface area is 159 Å². The number of aliphatic hydroxyl groups excluding tert-OH is 1. The van der Waals surface area contributed by atoms with E-state index < -0.39 is 6.04 Å². The van der Waals surface area contributed by atoms with Crippen molar-refractivity contribution in [3.05, 3.63) is 72.6 Å². The summed E-state index contributed by atoms with van der Waals surface area (Å²) in [5.74, 6) is -0.666. The van der Waals surface area contributed by atoms with Crippen molar-refractivity contribution in [2.24, 2.45) is 0 Å². The molecule has 0 fully saturated rings. The van der Waals surface area contributed by atoms with Gasteiger partial charge in [-0.05, 0) is 30.3 Å². The molecule has 0 radical (unpaired) electrons. The van der Waals surface area contributed by atoms with Gasteiger partial charge in [-0.3, -0.25) is 9.89 Å². The number of fused-ring (bicyclic) bond motifs is 1. The molecular weight excluding hydrogens is 361 g/mol. The van der Waals surface area contributed by atoms with Crippen LogP contribution in [0.4, 0.5) is 4.39 Å². The highest BCUT2D eigenvalue weighted by Crippen LogP contribution is 2.27. The zero-order valence-electron chi connectivity index (χ0n) is 14.8. The van der Waals surface area contributed by atoms with Crippen LogP contribution in [0.5, 0.6) is 0 Å². The SMILES string of the molecule is O=C(NC(CO)Cn1ccnc1)c1ccc2[nH]nc(-c3cccc(F)c3)c2c1. The highest BCUT2D eigenvalue weighted by molar-refractivity contribution is 6.01. The average molecular weight is 379 g/mol. The van der Waals surface area contributed by atoms with E-state index in [1.807, 2.05) is 0 Å². The second kappa shape index (κ2) is 7.61. The predicted molar refractivity (Wildman–Crippen MR) is 102 cm³/mol. The van der Waals surface area contributed by atoms with Gasteiger partial charge in [0.15, 0.2) is 0 Å². The smallest absolute Gasteiger partial charge is 0.251 e. The Morgan fingerprint density at radius 2 is 2.18 bits per heavy atom. The molecule has 7 nitrogen and oxygen atoms in total. The van der Waals surface area contributed by atoms with Crippen molar-refractivity contribution in [3.63, 3.8) is 0 Å². The van der Waals surface area contributed by atoms with Crippen LogP contribution in [0.2, 0.25) is 0 Å². The number of carbonyl (C=O) groups excluding carboxylic acids is 1. The lowest BCUT2D eigenvalue weighted by Crippen LogP contribution is -2.40. The van der Waals surface area contributed by atoms with Gasteiger partial charge in [-0.25, -0.2) is 9.37 Å². The van der Waals surface area contributed by atoms with E-state index in [0.717, 1.165) is 5.52 Å². The van der Waals surface area contributed by atoms with Crippen molar-refractivity contribution >= 4 is 16.8 Å². The molecule has 0 aliphatic heterocycles. The Bertz CT molecular complexity index is 1110. The summed E-state index contributed by atoms with van der Waals surface area (Å²) in [5.41, 5.74) is 2.36. The van der Waals surface area contributed by atoms with E-state index in [0.29, 0.717) is 28.8 Å². The molecule has 1 amide bonds. The van der Waals surface area contributed by atoms with E-state index in [4.69, 9.17) is 0 Å². The average Bonchev–Trinajstić information content (AvgIpc) is 3.36. The second-order valence-corrected chi connectivity index (χ2v) is 6.46. The maximum absolute atomic E-state index is 13.6. The first-order valence-corrected chi connectivity index (χ1v) is 8.75. The van der Waals surface area contributed by atoms with Gasteiger partial charge in [-0.2, -0.15) is 5.10 Å². The number of rotatable bonds is 6. The number of hydrogen-bond donors (Lipinski definition) is 3. The molecule has 4 rings (SSSR count). The number of halogens is 1. The Balaban J connectivity index is 1.60. The van der Waals surface area contributed by atoms with Crippen LogP contribution in [0.1, 0.15) is 10.4 Å². The number of aliphatic hydroxyl groups is 1. The molecule has 0 saturated carbocycles. The highest BCUT2D eigenvalue weighted by atomic mass is 19.1. The first-order chi connectivity index (χ1) is 13.6. The Morgan fingerprint density at radius 1 is 1.29 bits per heavy atom. The summed E-state index contributed by atoms with van der Waals surface area (Å²) in [6.45, 7) is 0.206. The number of amides is 1. The fourth-order valence-corrected chi connectivity index (χ4v) is 3.08. The standard InChI is InChI=1S/C20H18FN5O2/c21-15-3-1-2-13(8-15)19-17-9-14(4-5-18(17)24-25-19)20(28)23-16(11-27)10-26-7-6-22-12-26/h1-9,12,16,27H,10-11H2,(H,23,28)(H,24,25). The van der Waals surface area contributed by atoms with Gasteiger partial charge in [0, 0.05) is 35.5 Å². The molecule has 0 aliphatic rings. The number of carbonyl (C=O) groups is 1. The monoisotopic (exact) mass is 379 g/mol. The van der Waals surface area contributed by atoms with Crippen LogP contribution in [0.15, 0.2) is 61.2 Å². The number of imidazole rings is 1. The van der Waals surface area contributed by atoms with Crippen LogP contribution in [0, 0.1) is 5.82 Å². The predicted octanol–water partition coefficient (Wildman–Crippen LogP) is 2.36. The van der Waals surface area contributed by atoms with E-state index in [1.165, 1.54) is 12.1 Å².